The standard InChI is InChI=1S/C29H29BrCl2N2O3/c30-25-17-23(32)13-14-27(25)37-19-28(35)34(18-21-9-6-10-22(31)15-21)26(16-20-7-2-1-3-8-20)29(36)33-24-11-4-5-12-24/h1-3,6-10,13-15,17,24,26H,4-5,11-12,16,18-19H2,(H,33,36). The fourth-order valence-corrected chi connectivity index (χ4v) is 5.58. The average Bonchev–Trinajstić information content (AvgIpc) is 3.39. The van der Waals surface area contributed by atoms with Crippen LogP contribution in [0.3, 0.4) is 0 Å². The summed E-state index contributed by atoms with van der Waals surface area (Å²) in [7, 11) is 0. The van der Waals surface area contributed by atoms with Crippen LogP contribution in [0, 0.1) is 0 Å². The van der Waals surface area contributed by atoms with Crippen molar-refractivity contribution in [2.45, 2.75) is 50.7 Å². The van der Waals surface area contributed by atoms with Crippen molar-refractivity contribution in [1.29, 1.82) is 0 Å². The maximum atomic E-state index is 13.7. The van der Waals surface area contributed by atoms with Gasteiger partial charge in [-0.15, -0.1) is 0 Å². The smallest absolute Gasteiger partial charge is 0.261 e. The number of nitrogens with one attached hydrogen (secondary N) is 1. The van der Waals surface area contributed by atoms with Crippen molar-refractivity contribution in [3.8, 4) is 5.75 Å². The van der Waals surface area contributed by atoms with Gasteiger partial charge in [-0.2, -0.15) is 0 Å². The Morgan fingerprint density at radius 2 is 1.65 bits per heavy atom. The number of hydrogen-bond acceptors (Lipinski definition) is 3. The van der Waals surface area contributed by atoms with Gasteiger partial charge in [-0.25, -0.2) is 0 Å². The molecule has 0 aromatic heterocycles. The van der Waals surface area contributed by atoms with Crippen molar-refractivity contribution in [1.82, 2.24) is 10.2 Å². The highest BCUT2D eigenvalue weighted by Gasteiger charge is 2.32. The largest absolute Gasteiger partial charge is 0.483 e. The van der Waals surface area contributed by atoms with E-state index in [1.807, 2.05) is 48.5 Å². The summed E-state index contributed by atoms with van der Waals surface area (Å²) < 4.78 is 6.50. The van der Waals surface area contributed by atoms with Crippen LogP contribution < -0.4 is 10.1 Å². The Hall–Kier alpha value is -2.54. The lowest BCUT2D eigenvalue weighted by Crippen LogP contribution is -2.53. The second-order valence-electron chi connectivity index (χ2n) is 9.21. The molecular formula is C29H29BrCl2N2O3. The normalized spacial score (nSPS) is 14.2. The topological polar surface area (TPSA) is 58.6 Å². The molecule has 1 atom stereocenters. The number of carbonyl (C=O) groups is 2. The summed E-state index contributed by atoms with van der Waals surface area (Å²) in [5.41, 5.74) is 1.81. The molecule has 3 aromatic carbocycles. The molecule has 1 N–H and O–H groups in total. The molecular weight excluding hydrogens is 575 g/mol. The molecule has 1 unspecified atom stereocenters. The Bertz CT molecular complexity index is 1220. The molecule has 0 aliphatic heterocycles. The van der Waals surface area contributed by atoms with Gasteiger partial charge >= 0.3 is 0 Å². The molecule has 5 nitrogen and oxygen atoms in total. The van der Waals surface area contributed by atoms with E-state index in [0.717, 1.165) is 36.8 Å². The third-order valence-corrected chi connectivity index (χ3v) is 7.55. The summed E-state index contributed by atoms with van der Waals surface area (Å²) in [4.78, 5) is 29.0. The van der Waals surface area contributed by atoms with E-state index < -0.39 is 6.04 Å². The Morgan fingerprint density at radius 1 is 0.946 bits per heavy atom. The molecule has 4 rings (SSSR count). The van der Waals surface area contributed by atoms with Crippen LogP contribution in [0.5, 0.6) is 5.75 Å². The lowest BCUT2D eigenvalue weighted by Gasteiger charge is -2.32. The predicted molar refractivity (Wildman–Crippen MR) is 151 cm³/mol. The quantitative estimate of drug-likeness (QED) is 0.276. The van der Waals surface area contributed by atoms with E-state index in [0.29, 0.717) is 26.7 Å². The van der Waals surface area contributed by atoms with Gasteiger partial charge in [0.25, 0.3) is 5.91 Å². The molecule has 8 heteroatoms. The number of amides is 2. The summed E-state index contributed by atoms with van der Waals surface area (Å²) in [6.07, 6.45) is 4.50. The average molecular weight is 604 g/mol. The second kappa shape index (κ2) is 13.3. The summed E-state index contributed by atoms with van der Waals surface area (Å²) in [5.74, 6) is 0.0404. The Labute approximate surface area is 236 Å². The first-order valence-corrected chi connectivity index (χ1v) is 13.9. The number of nitrogens with zero attached hydrogens (tertiary/aromatic N) is 1. The van der Waals surface area contributed by atoms with Gasteiger partial charge in [0.1, 0.15) is 11.8 Å². The van der Waals surface area contributed by atoms with Gasteiger partial charge in [0.05, 0.1) is 4.47 Å². The molecule has 1 saturated carbocycles. The minimum atomic E-state index is -0.716. The maximum Gasteiger partial charge on any atom is 0.261 e. The van der Waals surface area contributed by atoms with E-state index in [1.54, 1.807) is 29.2 Å². The molecule has 194 valence electrons. The number of halogens is 3. The highest BCUT2D eigenvalue weighted by molar-refractivity contribution is 9.10. The molecule has 0 heterocycles. The first-order chi connectivity index (χ1) is 17.9. The minimum absolute atomic E-state index is 0.134. The van der Waals surface area contributed by atoms with Gasteiger partial charge in [0.15, 0.2) is 6.61 Å². The lowest BCUT2D eigenvalue weighted by atomic mass is 10.0. The van der Waals surface area contributed by atoms with Crippen molar-refractivity contribution in [2.75, 3.05) is 6.61 Å². The van der Waals surface area contributed by atoms with E-state index in [2.05, 4.69) is 21.2 Å². The van der Waals surface area contributed by atoms with Gasteiger partial charge in [0.2, 0.25) is 5.91 Å². The summed E-state index contributed by atoms with van der Waals surface area (Å²) >= 11 is 15.7. The van der Waals surface area contributed by atoms with E-state index in [1.165, 1.54) is 0 Å². The number of rotatable bonds is 10. The van der Waals surface area contributed by atoms with Gasteiger partial charge in [-0.3, -0.25) is 9.59 Å². The zero-order chi connectivity index (χ0) is 26.2. The molecule has 0 radical (unpaired) electrons. The van der Waals surface area contributed by atoms with Crippen LogP contribution in [-0.4, -0.2) is 35.4 Å². The Balaban J connectivity index is 1.62. The maximum absolute atomic E-state index is 13.7. The fourth-order valence-electron chi connectivity index (χ4n) is 4.57. The highest BCUT2D eigenvalue weighted by atomic mass is 79.9. The molecule has 1 aliphatic carbocycles. The summed E-state index contributed by atoms with van der Waals surface area (Å²) in [5, 5.41) is 4.32. The van der Waals surface area contributed by atoms with Crippen molar-refractivity contribution in [3.63, 3.8) is 0 Å². The minimum Gasteiger partial charge on any atom is -0.483 e. The fraction of sp³-hybridized carbons (Fsp3) is 0.310. The molecule has 0 spiro atoms. The Morgan fingerprint density at radius 3 is 2.35 bits per heavy atom. The number of benzene rings is 3. The predicted octanol–water partition coefficient (Wildman–Crippen LogP) is 6.83. The molecule has 3 aromatic rings. The third kappa shape index (κ3) is 7.97. The van der Waals surface area contributed by atoms with Crippen LogP contribution in [0.4, 0.5) is 0 Å². The van der Waals surface area contributed by atoms with Gasteiger partial charge in [-0.05, 0) is 70.2 Å². The SMILES string of the molecule is O=C(NC1CCCC1)C(Cc1ccccc1)N(Cc1cccc(Cl)c1)C(=O)COc1ccc(Cl)cc1Br. The molecule has 1 fully saturated rings. The van der Waals surface area contributed by atoms with Crippen LogP contribution >= 0.6 is 39.1 Å². The second-order valence-corrected chi connectivity index (χ2v) is 10.9. The van der Waals surface area contributed by atoms with Crippen molar-refractivity contribution >= 4 is 50.9 Å². The van der Waals surface area contributed by atoms with E-state index >= 15 is 0 Å². The molecule has 2 amide bonds. The van der Waals surface area contributed by atoms with Crippen molar-refractivity contribution < 1.29 is 14.3 Å². The zero-order valence-electron chi connectivity index (χ0n) is 20.3. The summed E-state index contributed by atoms with van der Waals surface area (Å²) in [6.45, 7) is -0.0110. The third-order valence-electron chi connectivity index (χ3n) is 6.46. The van der Waals surface area contributed by atoms with Crippen LogP contribution in [-0.2, 0) is 22.6 Å². The number of carbonyl (C=O) groups excluding carboxylic acids is 2. The van der Waals surface area contributed by atoms with Crippen molar-refractivity contribution in [2.24, 2.45) is 0 Å². The molecule has 37 heavy (non-hydrogen) atoms. The van der Waals surface area contributed by atoms with E-state index in [9.17, 15) is 9.59 Å². The number of hydrogen-bond donors (Lipinski definition) is 1. The molecule has 0 saturated heterocycles. The molecule has 1 aliphatic rings. The van der Waals surface area contributed by atoms with Crippen LogP contribution in [0.2, 0.25) is 10.0 Å². The van der Waals surface area contributed by atoms with Gasteiger partial charge < -0.3 is 15.0 Å². The van der Waals surface area contributed by atoms with Crippen molar-refractivity contribution in [3.05, 3.63) is 98.4 Å². The monoisotopic (exact) mass is 602 g/mol. The zero-order valence-corrected chi connectivity index (χ0v) is 23.4. The highest BCUT2D eigenvalue weighted by Crippen LogP contribution is 2.28. The number of ether oxygens (including phenoxy) is 1. The van der Waals surface area contributed by atoms with Crippen LogP contribution in [0.15, 0.2) is 77.3 Å². The van der Waals surface area contributed by atoms with Crippen LogP contribution in [0.25, 0.3) is 0 Å². The first kappa shape index (κ1) is 27.5. The summed E-state index contributed by atoms with van der Waals surface area (Å²) in [6, 6.07) is 21.6. The first-order valence-electron chi connectivity index (χ1n) is 12.3. The lowest BCUT2D eigenvalue weighted by molar-refractivity contribution is -0.143. The molecule has 0 bridgehead atoms. The van der Waals surface area contributed by atoms with E-state index in [4.69, 9.17) is 27.9 Å². The Kier molecular flexibility index (Phi) is 9.89. The van der Waals surface area contributed by atoms with Crippen LogP contribution in [0.1, 0.15) is 36.8 Å². The van der Waals surface area contributed by atoms with Gasteiger partial charge in [0, 0.05) is 29.1 Å². The van der Waals surface area contributed by atoms with E-state index in [-0.39, 0.29) is 31.0 Å². The van der Waals surface area contributed by atoms with Gasteiger partial charge in [-0.1, -0.05) is 78.5 Å².